The van der Waals surface area contributed by atoms with E-state index in [-0.39, 0.29) is 23.7 Å². The van der Waals surface area contributed by atoms with E-state index in [1.165, 1.54) is 0 Å². The van der Waals surface area contributed by atoms with Gasteiger partial charge in [-0.25, -0.2) is 0 Å². The molecule has 1 heterocycles. The van der Waals surface area contributed by atoms with Gasteiger partial charge in [-0.15, -0.1) is 12.4 Å². The maximum absolute atomic E-state index is 11.9. The number of rotatable bonds is 4. The van der Waals surface area contributed by atoms with Gasteiger partial charge in [-0.3, -0.25) is 9.69 Å². The van der Waals surface area contributed by atoms with Crippen molar-refractivity contribution in [3.8, 4) is 0 Å². The van der Waals surface area contributed by atoms with Crippen LogP contribution in [0.15, 0.2) is 24.3 Å². The lowest BCUT2D eigenvalue weighted by Crippen LogP contribution is -2.35. The van der Waals surface area contributed by atoms with Crippen LogP contribution < -0.4 is 11.1 Å². The Labute approximate surface area is 131 Å². The molecule has 6 heteroatoms. The highest BCUT2D eigenvalue weighted by atomic mass is 35.5. The highest BCUT2D eigenvalue weighted by Crippen LogP contribution is 2.28. The van der Waals surface area contributed by atoms with Crippen molar-refractivity contribution >= 4 is 35.6 Å². The monoisotopic (exact) mass is 317 g/mol. The first kappa shape index (κ1) is 17.2. The van der Waals surface area contributed by atoms with Crippen LogP contribution in [0.5, 0.6) is 0 Å². The molecule has 0 bridgehead atoms. The molecule has 1 aliphatic heterocycles. The second-order valence-corrected chi connectivity index (χ2v) is 5.97. The third-order valence-corrected chi connectivity index (χ3v) is 3.88. The summed E-state index contributed by atoms with van der Waals surface area (Å²) in [5.41, 5.74) is 6.69. The normalized spacial score (nSPS) is 22.4. The molecule has 1 atom stereocenters. The molecule has 20 heavy (non-hydrogen) atoms. The van der Waals surface area contributed by atoms with Gasteiger partial charge in [0.05, 0.1) is 6.54 Å². The van der Waals surface area contributed by atoms with E-state index in [2.05, 4.69) is 17.1 Å². The van der Waals surface area contributed by atoms with Crippen molar-refractivity contribution in [1.29, 1.82) is 0 Å². The first-order valence-corrected chi connectivity index (χ1v) is 6.86. The van der Waals surface area contributed by atoms with Crippen LogP contribution in [0.25, 0.3) is 0 Å². The summed E-state index contributed by atoms with van der Waals surface area (Å²) in [6.45, 7) is 5.07. The maximum Gasteiger partial charge on any atom is 0.238 e. The Balaban J connectivity index is 0.00000200. The molecule has 1 unspecified atom stereocenters. The van der Waals surface area contributed by atoms with Crippen LogP contribution in [-0.2, 0) is 4.79 Å². The summed E-state index contributed by atoms with van der Waals surface area (Å²) in [6.07, 6.45) is 1.05. The molecule has 1 saturated heterocycles. The molecule has 0 radical (unpaired) electrons. The predicted molar refractivity (Wildman–Crippen MR) is 85.5 cm³/mol. The third-order valence-electron chi connectivity index (χ3n) is 3.62. The Morgan fingerprint density at radius 2 is 2.10 bits per heavy atom. The minimum Gasteiger partial charge on any atom is -0.330 e. The van der Waals surface area contributed by atoms with Crippen molar-refractivity contribution in [3.63, 3.8) is 0 Å². The fourth-order valence-corrected chi connectivity index (χ4v) is 2.49. The SMILES string of the molecule is CC1(CN)CCN(CC(=O)Nc2ccc(Cl)cc2)C1.Cl. The van der Waals surface area contributed by atoms with Gasteiger partial charge in [0.25, 0.3) is 0 Å². The number of carbonyl (C=O) groups excluding carboxylic acids is 1. The average molecular weight is 318 g/mol. The van der Waals surface area contributed by atoms with Crippen LogP contribution in [-0.4, -0.2) is 37.0 Å². The summed E-state index contributed by atoms with van der Waals surface area (Å²) in [5.74, 6) is 0.00333. The number of nitrogens with zero attached hydrogens (tertiary/aromatic N) is 1. The molecule has 1 aromatic carbocycles. The van der Waals surface area contributed by atoms with Crippen LogP contribution in [0.3, 0.4) is 0 Å². The summed E-state index contributed by atoms with van der Waals surface area (Å²) in [7, 11) is 0. The largest absolute Gasteiger partial charge is 0.330 e. The van der Waals surface area contributed by atoms with Gasteiger partial charge in [0.15, 0.2) is 0 Å². The number of anilines is 1. The summed E-state index contributed by atoms with van der Waals surface area (Å²) in [6, 6.07) is 7.12. The van der Waals surface area contributed by atoms with E-state index in [9.17, 15) is 4.79 Å². The minimum atomic E-state index is 0. The van der Waals surface area contributed by atoms with Crippen LogP contribution in [0.2, 0.25) is 5.02 Å². The van der Waals surface area contributed by atoms with E-state index in [1.807, 2.05) is 0 Å². The Bertz CT molecular complexity index is 452. The van der Waals surface area contributed by atoms with Gasteiger partial charge in [0.2, 0.25) is 5.91 Å². The number of nitrogens with one attached hydrogen (secondary N) is 1. The fourth-order valence-electron chi connectivity index (χ4n) is 2.36. The van der Waals surface area contributed by atoms with E-state index in [0.717, 1.165) is 25.2 Å². The molecular weight excluding hydrogens is 297 g/mol. The summed E-state index contributed by atoms with van der Waals surface area (Å²) in [5, 5.41) is 3.53. The highest BCUT2D eigenvalue weighted by molar-refractivity contribution is 6.30. The van der Waals surface area contributed by atoms with Crippen molar-refractivity contribution in [2.75, 3.05) is 31.5 Å². The lowest BCUT2D eigenvalue weighted by molar-refractivity contribution is -0.117. The quantitative estimate of drug-likeness (QED) is 0.896. The van der Waals surface area contributed by atoms with Gasteiger partial charge in [-0.2, -0.15) is 0 Å². The Kier molecular flexibility index (Phi) is 6.27. The fraction of sp³-hybridized carbons (Fsp3) is 0.500. The van der Waals surface area contributed by atoms with Gasteiger partial charge >= 0.3 is 0 Å². The van der Waals surface area contributed by atoms with Gasteiger partial charge in [-0.1, -0.05) is 18.5 Å². The van der Waals surface area contributed by atoms with Crippen LogP contribution >= 0.6 is 24.0 Å². The van der Waals surface area contributed by atoms with Crippen molar-refractivity contribution in [3.05, 3.63) is 29.3 Å². The average Bonchev–Trinajstić information content (AvgIpc) is 2.74. The molecule has 3 N–H and O–H groups in total. The first-order valence-electron chi connectivity index (χ1n) is 6.49. The van der Waals surface area contributed by atoms with Crippen LogP contribution in [0.4, 0.5) is 5.69 Å². The zero-order valence-electron chi connectivity index (χ0n) is 11.6. The molecule has 112 valence electrons. The van der Waals surface area contributed by atoms with E-state index < -0.39 is 0 Å². The van der Waals surface area contributed by atoms with Gasteiger partial charge < -0.3 is 11.1 Å². The minimum absolute atomic E-state index is 0. The van der Waals surface area contributed by atoms with Gasteiger partial charge in [0, 0.05) is 17.3 Å². The molecule has 1 amide bonds. The molecule has 1 fully saturated rings. The molecule has 1 aliphatic rings. The number of carbonyl (C=O) groups is 1. The number of likely N-dealkylation sites (tertiary alicyclic amines) is 1. The van der Waals surface area contributed by atoms with E-state index in [0.29, 0.717) is 18.1 Å². The molecule has 2 rings (SSSR count). The molecule has 0 aliphatic carbocycles. The van der Waals surface area contributed by atoms with E-state index in [1.54, 1.807) is 24.3 Å². The highest BCUT2D eigenvalue weighted by Gasteiger charge is 2.32. The van der Waals surface area contributed by atoms with Crippen molar-refractivity contribution in [1.82, 2.24) is 4.90 Å². The zero-order valence-corrected chi connectivity index (χ0v) is 13.1. The van der Waals surface area contributed by atoms with E-state index >= 15 is 0 Å². The summed E-state index contributed by atoms with van der Waals surface area (Å²) < 4.78 is 0. The number of nitrogens with two attached hydrogens (primary N) is 1. The van der Waals surface area contributed by atoms with Crippen molar-refractivity contribution in [2.24, 2.45) is 11.1 Å². The van der Waals surface area contributed by atoms with Crippen molar-refractivity contribution < 1.29 is 4.79 Å². The van der Waals surface area contributed by atoms with Gasteiger partial charge in [-0.05, 0) is 49.2 Å². The smallest absolute Gasteiger partial charge is 0.238 e. The summed E-state index contributed by atoms with van der Waals surface area (Å²) in [4.78, 5) is 14.1. The number of halogens is 2. The zero-order chi connectivity index (χ0) is 13.9. The Morgan fingerprint density at radius 3 is 2.65 bits per heavy atom. The number of hydrogen-bond acceptors (Lipinski definition) is 3. The Hall–Kier alpha value is -0.810. The lowest BCUT2D eigenvalue weighted by Gasteiger charge is -2.22. The molecule has 0 saturated carbocycles. The van der Waals surface area contributed by atoms with Crippen LogP contribution in [0, 0.1) is 5.41 Å². The molecular formula is C14H21Cl2N3O. The second kappa shape index (κ2) is 7.27. The standard InChI is InChI=1S/C14H20ClN3O.ClH/c1-14(9-16)6-7-18(10-14)8-13(19)17-12-4-2-11(15)3-5-12;/h2-5H,6-10,16H2,1H3,(H,17,19);1H. The third kappa shape index (κ3) is 4.63. The topological polar surface area (TPSA) is 58.4 Å². The maximum atomic E-state index is 11.9. The number of hydrogen-bond donors (Lipinski definition) is 2. The second-order valence-electron chi connectivity index (χ2n) is 5.53. The van der Waals surface area contributed by atoms with Crippen LogP contribution in [0.1, 0.15) is 13.3 Å². The molecule has 4 nitrogen and oxygen atoms in total. The van der Waals surface area contributed by atoms with E-state index in [4.69, 9.17) is 17.3 Å². The molecule has 0 aromatic heterocycles. The molecule has 0 spiro atoms. The molecule has 1 aromatic rings. The summed E-state index contributed by atoms with van der Waals surface area (Å²) >= 11 is 5.80. The lowest BCUT2D eigenvalue weighted by atomic mass is 9.90. The van der Waals surface area contributed by atoms with Crippen molar-refractivity contribution in [2.45, 2.75) is 13.3 Å². The number of amides is 1. The Morgan fingerprint density at radius 1 is 1.45 bits per heavy atom. The first-order chi connectivity index (χ1) is 9.00. The van der Waals surface area contributed by atoms with Gasteiger partial charge in [0.1, 0.15) is 0 Å². The predicted octanol–water partition coefficient (Wildman–Crippen LogP) is 2.37. The number of benzene rings is 1.